The van der Waals surface area contributed by atoms with Crippen molar-refractivity contribution in [3.8, 4) is 5.75 Å². The molecule has 0 saturated heterocycles. The summed E-state index contributed by atoms with van der Waals surface area (Å²) in [5.41, 5.74) is 3.85. The van der Waals surface area contributed by atoms with E-state index in [1.807, 2.05) is 6.92 Å². The Morgan fingerprint density at radius 3 is 2.57 bits per heavy atom. The van der Waals surface area contributed by atoms with Crippen LogP contribution in [0.15, 0.2) is 12.1 Å². The molecular formula is C18H31NO2. The molecule has 0 heterocycles. The summed E-state index contributed by atoms with van der Waals surface area (Å²) in [5.74, 6) is 0.998. The minimum Gasteiger partial charge on any atom is -0.496 e. The molecule has 21 heavy (non-hydrogen) atoms. The highest BCUT2D eigenvalue weighted by molar-refractivity contribution is 5.45. The zero-order chi connectivity index (χ0) is 15.7. The van der Waals surface area contributed by atoms with Gasteiger partial charge in [0.2, 0.25) is 0 Å². The number of ether oxygens (including phenoxy) is 2. The van der Waals surface area contributed by atoms with Gasteiger partial charge < -0.3 is 14.8 Å². The first kappa shape index (κ1) is 18.0. The Morgan fingerprint density at radius 2 is 1.95 bits per heavy atom. The van der Waals surface area contributed by atoms with Crippen LogP contribution < -0.4 is 10.1 Å². The highest BCUT2D eigenvalue weighted by atomic mass is 16.5. The second-order valence-corrected chi connectivity index (χ2v) is 5.54. The maximum absolute atomic E-state index is 5.62. The van der Waals surface area contributed by atoms with Crippen molar-refractivity contribution in [3.63, 3.8) is 0 Å². The first-order valence-electron chi connectivity index (χ1n) is 8.10. The molecule has 3 nitrogen and oxygen atoms in total. The summed E-state index contributed by atoms with van der Waals surface area (Å²) >= 11 is 0. The molecule has 0 fully saturated rings. The van der Waals surface area contributed by atoms with Gasteiger partial charge in [0, 0.05) is 24.8 Å². The van der Waals surface area contributed by atoms with E-state index in [0.29, 0.717) is 6.04 Å². The molecule has 0 aliphatic rings. The molecule has 0 saturated carbocycles. The maximum Gasteiger partial charge on any atom is 0.124 e. The molecule has 0 aliphatic carbocycles. The molecule has 1 N–H and O–H groups in total. The van der Waals surface area contributed by atoms with Crippen molar-refractivity contribution in [2.75, 3.05) is 26.9 Å². The summed E-state index contributed by atoms with van der Waals surface area (Å²) < 4.78 is 11.1. The number of hydrogen-bond donors (Lipinski definition) is 1. The highest BCUT2D eigenvalue weighted by Crippen LogP contribution is 2.32. The molecule has 0 aromatic heterocycles. The van der Waals surface area contributed by atoms with Crippen molar-refractivity contribution in [3.05, 3.63) is 28.8 Å². The topological polar surface area (TPSA) is 30.5 Å². The Labute approximate surface area is 130 Å². The quantitative estimate of drug-likeness (QED) is 0.657. The Kier molecular flexibility index (Phi) is 8.40. The van der Waals surface area contributed by atoms with E-state index in [9.17, 15) is 0 Å². The Hall–Kier alpha value is -1.06. The van der Waals surface area contributed by atoms with Crippen molar-refractivity contribution in [1.82, 2.24) is 5.32 Å². The largest absolute Gasteiger partial charge is 0.496 e. The molecule has 0 bridgehead atoms. The fraction of sp³-hybridized carbons (Fsp3) is 0.667. The first-order chi connectivity index (χ1) is 10.1. The average molecular weight is 293 g/mol. The zero-order valence-corrected chi connectivity index (χ0v) is 14.3. The molecule has 0 spiro atoms. The van der Waals surface area contributed by atoms with Crippen LogP contribution in [0.5, 0.6) is 5.75 Å². The Morgan fingerprint density at radius 1 is 1.19 bits per heavy atom. The zero-order valence-electron chi connectivity index (χ0n) is 14.3. The monoisotopic (exact) mass is 293 g/mol. The summed E-state index contributed by atoms with van der Waals surface area (Å²) in [6, 6.07) is 4.70. The maximum atomic E-state index is 5.62. The van der Waals surface area contributed by atoms with Crippen LogP contribution in [0, 0.1) is 13.8 Å². The fourth-order valence-corrected chi connectivity index (χ4v) is 2.76. The van der Waals surface area contributed by atoms with Crippen LogP contribution >= 0.6 is 0 Å². The molecule has 3 heteroatoms. The van der Waals surface area contributed by atoms with E-state index in [-0.39, 0.29) is 0 Å². The minimum atomic E-state index is 0.334. The second kappa shape index (κ2) is 9.80. The number of methoxy groups -OCH3 is 1. The third-order valence-corrected chi connectivity index (χ3v) is 3.69. The van der Waals surface area contributed by atoms with Crippen molar-refractivity contribution in [1.29, 1.82) is 0 Å². The van der Waals surface area contributed by atoms with Crippen molar-refractivity contribution < 1.29 is 9.47 Å². The van der Waals surface area contributed by atoms with Gasteiger partial charge in [-0.2, -0.15) is 0 Å². The van der Waals surface area contributed by atoms with Crippen LogP contribution in [-0.4, -0.2) is 26.9 Å². The van der Waals surface area contributed by atoms with Crippen molar-refractivity contribution in [2.45, 2.75) is 53.0 Å². The predicted octanol–water partition coefficient (Wildman–Crippen LogP) is 4.17. The summed E-state index contributed by atoms with van der Waals surface area (Å²) in [5, 5.41) is 3.66. The van der Waals surface area contributed by atoms with E-state index >= 15 is 0 Å². The summed E-state index contributed by atoms with van der Waals surface area (Å²) in [4.78, 5) is 0. The normalized spacial score (nSPS) is 12.4. The van der Waals surface area contributed by atoms with Gasteiger partial charge in [0.25, 0.3) is 0 Å². The first-order valence-corrected chi connectivity index (χ1v) is 8.10. The van der Waals surface area contributed by atoms with E-state index in [2.05, 4.69) is 38.2 Å². The van der Waals surface area contributed by atoms with Gasteiger partial charge in [-0.15, -0.1) is 0 Å². The van der Waals surface area contributed by atoms with Gasteiger partial charge in [-0.1, -0.05) is 13.0 Å². The van der Waals surface area contributed by atoms with Gasteiger partial charge in [-0.3, -0.25) is 0 Å². The van der Waals surface area contributed by atoms with E-state index in [4.69, 9.17) is 9.47 Å². The van der Waals surface area contributed by atoms with Crippen molar-refractivity contribution in [2.24, 2.45) is 0 Å². The molecule has 120 valence electrons. The Bertz CT molecular complexity index is 418. The molecule has 1 rings (SSSR count). The predicted molar refractivity (Wildman–Crippen MR) is 89.2 cm³/mol. The van der Waals surface area contributed by atoms with Crippen molar-refractivity contribution >= 4 is 0 Å². The lowest BCUT2D eigenvalue weighted by Gasteiger charge is -2.24. The second-order valence-electron chi connectivity index (χ2n) is 5.54. The van der Waals surface area contributed by atoms with Gasteiger partial charge >= 0.3 is 0 Å². The van der Waals surface area contributed by atoms with E-state index in [0.717, 1.165) is 44.8 Å². The molecule has 1 aromatic rings. The van der Waals surface area contributed by atoms with E-state index in [1.54, 1.807) is 7.11 Å². The van der Waals surface area contributed by atoms with Crippen LogP contribution in [0.1, 0.15) is 55.8 Å². The molecule has 0 radical (unpaired) electrons. The smallest absolute Gasteiger partial charge is 0.124 e. The fourth-order valence-electron chi connectivity index (χ4n) is 2.76. The summed E-state index contributed by atoms with van der Waals surface area (Å²) in [6.45, 7) is 11.2. The average Bonchev–Trinajstić information content (AvgIpc) is 2.46. The molecular weight excluding hydrogens is 262 g/mol. The van der Waals surface area contributed by atoms with Crippen LogP contribution in [-0.2, 0) is 4.74 Å². The number of aryl methyl sites for hydroxylation is 2. The van der Waals surface area contributed by atoms with Crippen LogP contribution in [0.2, 0.25) is 0 Å². The van der Waals surface area contributed by atoms with E-state index < -0.39 is 0 Å². The molecule has 0 amide bonds. The van der Waals surface area contributed by atoms with E-state index in [1.165, 1.54) is 16.7 Å². The summed E-state index contributed by atoms with van der Waals surface area (Å²) in [6.07, 6.45) is 3.27. The van der Waals surface area contributed by atoms with Gasteiger partial charge in [0.05, 0.1) is 7.11 Å². The lowest BCUT2D eigenvalue weighted by molar-refractivity contribution is 0.140. The van der Waals surface area contributed by atoms with Gasteiger partial charge in [0.15, 0.2) is 0 Å². The third-order valence-electron chi connectivity index (χ3n) is 3.69. The lowest BCUT2D eigenvalue weighted by atomic mass is 9.94. The van der Waals surface area contributed by atoms with Gasteiger partial charge in [-0.05, 0) is 63.8 Å². The SMILES string of the molecule is CCCNC(CCCOCC)c1c(C)cc(C)cc1OC. The van der Waals surface area contributed by atoms with Gasteiger partial charge in [0.1, 0.15) is 5.75 Å². The Balaban J connectivity index is 2.90. The summed E-state index contributed by atoms with van der Waals surface area (Å²) in [7, 11) is 1.76. The number of nitrogens with one attached hydrogen (secondary N) is 1. The molecule has 1 atom stereocenters. The minimum absolute atomic E-state index is 0.334. The molecule has 1 aromatic carbocycles. The standard InChI is InChI=1S/C18H31NO2/c1-6-10-19-16(9-8-11-21-7-2)18-15(4)12-14(3)13-17(18)20-5/h12-13,16,19H,6-11H2,1-5H3. The van der Waals surface area contributed by atoms with Gasteiger partial charge in [-0.25, -0.2) is 0 Å². The molecule has 0 aliphatic heterocycles. The highest BCUT2D eigenvalue weighted by Gasteiger charge is 2.18. The third kappa shape index (κ3) is 5.68. The number of rotatable bonds is 10. The molecule has 1 unspecified atom stereocenters. The van der Waals surface area contributed by atoms with Crippen LogP contribution in [0.3, 0.4) is 0 Å². The van der Waals surface area contributed by atoms with Crippen LogP contribution in [0.25, 0.3) is 0 Å². The van der Waals surface area contributed by atoms with Crippen LogP contribution in [0.4, 0.5) is 0 Å². The number of benzene rings is 1. The lowest BCUT2D eigenvalue weighted by Crippen LogP contribution is -2.24. The number of hydrogen-bond acceptors (Lipinski definition) is 3.